The van der Waals surface area contributed by atoms with Crippen molar-refractivity contribution in [1.82, 2.24) is 4.57 Å². The molecule has 0 aliphatic heterocycles. The van der Waals surface area contributed by atoms with E-state index in [1.807, 2.05) is 37.3 Å². The molecule has 2 rings (SSSR count). The molecule has 0 saturated carbocycles. The molecule has 0 aliphatic rings. The highest BCUT2D eigenvalue weighted by atomic mass is 16.1. The Labute approximate surface area is 99.6 Å². The van der Waals surface area contributed by atoms with E-state index in [9.17, 15) is 4.79 Å². The van der Waals surface area contributed by atoms with Gasteiger partial charge in [-0.25, -0.2) is 0 Å². The van der Waals surface area contributed by atoms with Crippen molar-refractivity contribution in [2.75, 3.05) is 0 Å². The van der Waals surface area contributed by atoms with Gasteiger partial charge in [-0.15, -0.1) is 0 Å². The molecule has 84 valence electrons. The van der Waals surface area contributed by atoms with E-state index in [1.165, 1.54) is 4.57 Å². The number of benzene rings is 1. The van der Waals surface area contributed by atoms with Crippen LogP contribution in [0.15, 0.2) is 41.3 Å². The van der Waals surface area contributed by atoms with Crippen molar-refractivity contribution >= 4 is 0 Å². The van der Waals surface area contributed by atoms with E-state index in [1.54, 1.807) is 19.2 Å². The van der Waals surface area contributed by atoms with Gasteiger partial charge in [0, 0.05) is 11.9 Å². The van der Waals surface area contributed by atoms with Gasteiger partial charge in [0.1, 0.15) is 11.6 Å². The van der Waals surface area contributed by atoms with Crippen molar-refractivity contribution < 1.29 is 0 Å². The molecule has 3 heteroatoms. The third-order valence-corrected chi connectivity index (χ3v) is 2.72. The van der Waals surface area contributed by atoms with Crippen LogP contribution in [0.2, 0.25) is 0 Å². The zero-order valence-corrected chi connectivity index (χ0v) is 9.77. The number of nitriles is 1. The number of nitrogens with zero attached hydrogens (tertiary/aromatic N) is 2. The Morgan fingerprint density at radius 3 is 2.35 bits per heavy atom. The lowest BCUT2D eigenvalue weighted by Gasteiger charge is -2.07. The van der Waals surface area contributed by atoms with Gasteiger partial charge in [0.05, 0.1) is 0 Å². The quantitative estimate of drug-likeness (QED) is 0.746. The van der Waals surface area contributed by atoms with E-state index in [4.69, 9.17) is 5.26 Å². The molecular weight excluding hydrogens is 212 g/mol. The predicted octanol–water partition coefficient (Wildman–Crippen LogP) is 2.33. The van der Waals surface area contributed by atoms with Crippen molar-refractivity contribution in [3.8, 4) is 11.8 Å². The fourth-order valence-corrected chi connectivity index (χ4v) is 1.67. The molecular formula is C14H12N2O. The SMILES string of the molecule is Cc1ccc(-n2ccc(C)c(C#N)c2=O)cc1. The number of hydrogen-bond acceptors (Lipinski definition) is 2. The molecule has 1 heterocycles. The molecule has 0 saturated heterocycles. The molecule has 0 amide bonds. The summed E-state index contributed by atoms with van der Waals surface area (Å²) in [6.07, 6.45) is 1.70. The smallest absolute Gasteiger partial charge is 0.273 e. The first-order valence-corrected chi connectivity index (χ1v) is 5.33. The van der Waals surface area contributed by atoms with Crippen LogP contribution in [-0.4, -0.2) is 4.57 Å². The second-order valence-corrected chi connectivity index (χ2v) is 4.00. The van der Waals surface area contributed by atoms with Crippen LogP contribution >= 0.6 is 0 Å². The summed E-state index contributed by atoms with van der Waals surface area (Å²) in [6, 6.07) is 11.3. The number of aromatic nitrogens is 1. The standard InChI is InChI=1S/C14H12N2O/c1-10-3-5-12(6-4-10)16-8-7-11(2)13(9-15)14(16)17/h3-8H,1-2H3. The molecule has 1 aromatic heterocycles. The summed E-state index contributed by atoms with van der Waals surface area (Å²) >= 11 is 0. The fourth-order valence-electron chi connectivity index (χ4n) is 1.67. The minimum Gasteiger partial charge on any atom is -0.283 e. The number of hydrogen-bond donors (Lipinski definition) is 0. The maximum atomic E-state index is 12.0. The van der Waals surface area contributed by atoms with Crippen LogP contribution in [0, 0.1) is 25.2 Å². The van der Waals surface area contributed by atoms with E-state index in [0.29, 0.717) is 5.56 Å². The van der Waals surface area contributed by atoms with Crippen molar-refractivity contribution in [2.24, 2.45) is 0 Å². The lowest BCUT2D eigenvalue weighted by atomic mass is 10.1. The van der Waals surface area contributed by atoms with Crippen LogP contribution in [0.3, 0.4) is 0 Å². The van der Waals surface area contributed by atoms with Crippen LogP contribution in [-0.2, 0) is 0 Å². The van der Waals surface area contributed by atoms with Crippen molar-refractivity contribution in [3.63, 3.8) is 0 Å². The first-order chi connectivity index (χ1) is 8.13. The Bertz CT molecular complexity index is 645. The molecule has 0 unspecified atom stereocenters. The van der Waals surface area contributed by atoms with E-state index in [-0.39, 0.29) is 11.1 Å². The van der Waals surface area contributed by atoms with E-state index < -0.39 is 0 Å². The molecule has 0 spiro atoms. The average Bonchev–Trinajstić information content (AvgIpc) is 2.31. The van der Waals surface area contributed by atoms with Gasteiger partial charge in [0.15, 0.2) is 0 Å². The van der Waals surface area contributed by atoms with Crippen LogP contribution in [0.1, 0.15) is 16.7 Å². The molecule has 2 aromatic rings. The normalized spacial score (nSPS) is 9.94. The largest absolute Gasteiger partial charge is 0.283 e. The second kappa shape index (κ2) is 4.26. The Morgan fingerprint density at radius 2 is 1.76 bits per heavy atom. The first-order valence-electron chi connectivity index (χ1n) is 5.33. The highest BCUT2D eigenvalue weighted by Crippen LogP contribution is 2.09. The topological polar surface area (TPSA) is 45.8 Å². The zero-order chi connectivity index (χ0) is 12.4. The van der Waals surface area contributed by atoms with Gasteiger partial charge in [-0.2, -0.15) is 5.26 Å². The monoisotopic (exact) mass is 224 g/mol. The zero-order valence-electron chi connectivity index (χ0n) is 9.77. The van der Waals surface area contributed by atoms with E-state index in [2.05, 4.69) is 0 Å². The second-order valence-electron chi connectivity index (χ2n) is 4.00. The number of rotatable bonds is 1. The highest BCUT2D eigenvalue weighted by molar-refractivity contribution is 5.40. The average molecular weight is 224 g/mol. The Hall–Kier alpha value is -2.34. The summed E-state index contributed by atoms with van der Waals surface area (Å²) in [5, 5.41) is 8.95. The molecule has 17 heavy (non-hydrogen) atoms. The maximum absolute atomic E-state index is 12.0. The Kier molecular flexibility index (Phi) is 2.80. The molecule has 3 nitrogen and oxygen atoms in total. The van der Waals surface area contributed by atoms with Gasteiger partial charge in [-0.05, 0) is 37.6 Å². The molecule has 0 atom stereocenters. The van der Waals surface area contributed by atoms with Gasteiger partial charge in [-0.1, -0.05) is 17.7 Å². The molecule has 0 aliphatic carbocycles. The Balaban J connectivity index is 2.66. The number of pyridine rings is 1. The van der Waals surface area contributed by atoms with Crippen molar-refractivity contribution in [1.29, 1.82) is 5.26 Å². The third-order valence-electron chi connectivity index (χ3n) is 2.72. The molecule has 1 aromatic carbocycles. The van der Waals surface area contributed by atoms with Crippen molar-refractivity contribution in [3.05, 3.63) is 63.6 Å². The van der Waals surface area contributed by atoms with Crippen LogP contribution in [0.5, 0.6) is 0 Å². The summed E-state index contributed by atoms with van der Waals surface area (Å²) in [6.45, 7) is 3.75. The van der Waals surface area contributed by atoms with Gasteiger partial charge in [0.25, 0.3) is 5.56 Å². The predicted molar refractivity (Wildman–Crippen MR) is 66.2 cm³/mol. The highest BCUT2D eigenvalue weighted by Gasteiger charge is 2.07. The minimum atomic E-state index is -0.267. The molecule has 0 fully saturated rings. The summed E-state index contributed by atoms with van der Waals surface area (Å²) in [7, 11) is 0. The summed E-state index contributed by atoms with van der Waals surface area (Å²) in [4.78, 5) is 12.0. The summed E-state index contributed by atoms with van der Waals surface area (Å²) in [5.41, 5.74) is 2.55. The summed E-state index contributed by atoms with van der Waals surface area (Å²) < 4.78 is 1.49. The van der Waals surface area contributed by atoms with Gasteiger partial charge in [0.2, 0.25) is 0 Å². The Morgan fingerprint density at radius 1 is 1.12 bits per heavy atom. The van der Waals surface area contributed by atoms with Gasteiger partial charge < -0.3 is 0 Å². The lowest BCUT2D eigenvalue weighted by molar-refractivity contribution is 0.972. The lowest BCUT2D eigenvalue weighted by Crippen LogP contribution is -2.21. The molecule has 0 radical (unpaired) electrons. The van der Waals surface area contributed by atoms with E-state index >= 15 is 0 Å². The molecule has 0 N–H and O–H groups in total. The van der Waals surface area contributed by atoms with E-state index in [0.717, 1.165) is 11.3 Å². The maximum Gasteiger partial charge on any atom is 0.273 e. The summed E-state index contributed by atoms with van der Waals surface area (Å²) in [5.74, 6) is 0. The fraction of sp³-hybridized carbons (Fsp3) is 0.143. The van der Waals surface area contributed by atoms with Crippen LogP contribution in [0.25, 0.3) is 5.69 Å². The van der Waals surface area contributed by atoms with Gasteiger partial charge in [-0.3, -0.25) is 9.36 Å². The number of aryl methyl sites for hydroxylation is 2. The van der Waals surface area contributed by atoms with Crippen LogP contribution < -0.4 is 5.56 Å². The third kappa shape index (κ3) is 1.98. The van der Waals surface area contributed by atoms with Gasteiger partial charge >= 0.3 is 0 Å². The minimum absolute atomic E-state index is 0.202. The van der Waals surface area contributed by atoms with Crippen molar-refractivity contribution in [2.45, 2.75) is 13.8 Å². The first kappa shape index (κ1) is 11.2. The molecule has 0 bridgehead atoms. The van der Waals surface area contributed by atoms with Crippen LogP contribution in [0.4, 0.5) is 0 Å².